The van der Waals surface area contributed by atoms with Crippen LogP contribution in [0.15, 0.2) is 30.7 Å². The zero-order valence-corrected chi connectivity index (χ0v) is 19.8. The molecule has 3 heterocycles. The van der Waals surface area contributed by atoms with Crippen LogP contribution in [0.4, 0.5) is 29.7 Å². The molecule has 1 saturated heterocycles. The van der Waals surface area contributed by atoms with Crippen molar-refractivity contribution in [2.75, 3.05) is 23.8 Å². The van der Waals surface area contributed by atoms with Gasteiger partial charge in [0.1, 0.15) is 11.4 Å². The number of nitriles is 1. The van der Waals surface area contributed by atoms with Crippen LogP contribution in [0, 0.1) is 17.2 Å². The fourth-order valence-corrected chi connectivity index (χ4v) is 3.40. The van der Waals surface area contributed by atoms with E-state index in [-0.39, 0.29) is 31.3 Å². The number of hydrazine groups is 1. The summed E-state index contributed by atoms with van der Waals surface area (Å²) in [5, 5.41) is 11.9. The van der Waals surface area contributed by atoms with Crippen LogP contribution in [0.2, 0.25) is 0 Å². The molecule has 3 N–H and O–H groups in total. The first-order chi connectivity index (χ1) is 16.8. The molecule has 2 atom stereocenters. The zero-order valence-electron chi connectivity index (χ0n) is 19.8. The van der Waals surface area contributed by atoms with Gasteiger partial charge in [-0.05, 0) is 39.3 Å². The van der Waals surface area contributed by atoms with Crippen LogP contribution in [0.25, 0.3) is 0 Å². The number of alkyl halides is 3. The van der Waals surface area contributed by atoms with Crippen molar-refractivity contribution in [2.24, 2.45) is 5.92 Å². The highest BCUT2D eigenvalue weighted by Gasteiger charge is 2.36. The number of amides is 2. The van der Waals surface area contributed by atoms with Crippen molar-refractivity contribution in [1.29, 1.82) is 5.26 Å². The molecule has 0 unspecified atom stereocenters. The van der Waals surface area contributed by atoms with Crippen LogP contribution >= 0.6 is 0 Å². The molecule has 0 bridgehead atoms. The van der Waals surface area contributed by atoms with Crippen LogP contribution in [0.1, 0.15) is 38.3 Å². The van der Waals surface area contributed by atoms with Gasteiger partial charge in [0.15, 0.2) is 0 Å². The standard InChI is InChI=1S/C22H25F3N8O3/c1-21(2,3)36-20(35)33-11-14(18(34)32-31-17-6-13(8-26)4-5-27-17)7-16(12-33)30-19-28-9-15(10-29-19)22(23,24)25/h4-6,9-10,14,16H,7,11-12H2,1-3H3,(H,27,31)(H,32,34)(H,28,29,30)/t14-,16-/m0/s1. The largest absolute Gasteiger partial charge is 0.444 e. The first kappa shape index (κ1) is 26.5. The van der Waals surface area contributed by atoms with E-state index in [9.17, 15) is 22.8 Å². The summed E-state index contributed by atoms with van der Waals surface area (Å²) in [6.07, 6.45) is -2.28. The number of halogens is 3. The van der Waals surface area contributed by atoms with Gasteiger partial charge in [-0.15, -0.1) is 0 Å². The zero-order chi connectivity index (χ0) is 26.5. The van der Waals surface area contributed by atoms with E-state index in [1.807, 2.05) is 6.07 Å². The van der Waals surface area contributed by atoms with Crippen molar-refractivity contribution in [3.05, 3.63) is 41.9 Å². The maximum Gasteiger partial charge on any atom is 0.419 e. The van der Waals surface area contributed by atoms with Crippen LogP contribution in [0.5, 0.6) is 0 Å². The predicted octanol–water partition coefficient (Wildman–Crippen LogP) is 2.94. The Morgan fingerprint density at radius 3 is 2.47 bits per heavy atom. The minimum Gasteiger partial charge on any atom is -0.444 e. The Bertz CT molecular complexity index is 1130. The Kier molecular flexibility index (Phi) is 7.81. The number of carbonyl (C=O) groups excluding carboxylic acids is 2. The number of pyridine rings is 1. The van der Waals surface area contributed by atoms with Gasteiger partial charge in [-0.2, -0.15) is 18.4 Å². The number of nitrogens with zero attached hydrogens (tertiary/aromatic N) is 5. The van der Waals surface area contributed by atoms with Crippen molar-refractivity contribution in [3.8, 4) is 6.07 Å². The van der Waals surface area contributed by atoms with Gasteiger partial charge < -0.3 is 15.0 Å². The van der Waals surface area contributed by atoms with Crippen molar-refractivity contribution in [2.45, 2.75) is 45.0 Å². The van der Waals surface area contributed by atoms with E-state index in [1.54, 1.807) is 20.8 Å². The molecule has 0 aromatic carbocycles. The lowest BCUT2D eigenvalue weighted by molar-refractivity contribution is -0.138. The highest BCUT2D eigenvalue weighted by Crippen LogP contribution is 2.28. The number of likely N-dealkylation sites (tertiary alicyclic amines) is 1. The van der Waals surface area contributed by atoms with Crippen LogP contribution in [0.3, 0.4) is 0 Å². The molecule has 3 rings (SSSR count). The molecule has 11 nitrogen and oxygen atoms in total. The Morgan fingerprint density at radius 2 is 1.86 bits per heavy atom. The molecule has 0 radical (unpaired) electrons. The monoisotopic (exact) mass is 506 g/mol. The molecule has 2 aromatic heterocycles. The van der Waals surface area contributed by atoms with Gasteiger partial charge in [-0.3, -0.25) is 15.6 Å². The molecule has 2 amide bonds. The Hall–Kier alpha value is -4.15. The molecule has 1 aliphatic rings. The molecule has 36 heavy (non-hydrogen) atoms. The lowest BCUT2D eigenvalue weighted by Gasteiger charge is -2.38. The lowest BCUT2D eigenvalue weighted by Crippen LogP contribution is -2.54. The molecule has 0 aliphatic carbocycles. The molecule has 2 aromatic rings. The number of piperidine rings is 1. The number of nitrogens with one attached hydrogen (secondary N) is 3. The third kappa shape index (κ3) is 7.42. The minimum absolute atomic E-state index is 0.0418. The molecular weight excluding hydrogens is 481 g/mol. The van der Waals surface area contributed by atoms with Crippen molar-refractivity contribution < 1.29 is 27.5 Å². The minimum atomic E-state index is -4.57. The molecule has 0 spiro atoms. The molecule has 192 valence electrons. The predicted molar refractivity (Wildman–Crippen MR) is 121 cm³/mol. The SMILES string of the molecule is CC(C)(C)OC(=O)N1C[C@@H](Nc2ncc(C(F)(F)F)cn2)C[C@H](C(=O)NNc2cc(C#N)ccn2)C1. The van der Waals surface area contributed by atoms with Gasteiger partial charge in [0.2, 0.25) is 11.9 Å². The normalized spacial score (nSPS) is 18.1. The third-order valence-corrected chi connectivity index (χ3v) is 4.99. The van der Waals surface area contributed by atoms with E-state index >= 15 is 0 Å². The van der Waals surface area contributed by atoms with Crippen molar-refractivity contribution in [1.82, 2.24) is 25.3 Å². The van der Waals surface area contributed by atoms with Gasteiger partial charge >= 0.3 is 12.3 Å². The summed E-state index contributed by atoms with van der Waals surface area (Å²) in [6.45, 7) is 5.27. The summed E-state index contributed by atoms with van der Waals surface area (Å²) in [5.74, 6) is -1.01. The Morgan fingerprint density at radius 1 is 1.17 bits per heavy atom. The Balaban J connectivity index is 1.72. The molecule has 14 heteroatoms. The maximum absolute atomic E-state index is 12.9. The van der Waals surface area contributed by atoms with Crippen molar-refractivity contribution >= 4 is 23.8 Å². The summed E-state index contributed by atoms with van der Waals surface area (Å²) in [7, 11) is 0. The third-order valence-electron chi connectivity index (χ3n) is 4.99. The second kappa shape index (κ2) is 10.6. The van der Waals surface area contributed by atoms with E-state index in [4.69, 9.17) is 10.00 Å². The molecule has 1 fully saturated rings. The maximum atomic E-state index is 12.9. The highest BCUT2D eigenvalue weighted by molar-refractivity contribution is 5.81. The second-order valence-electron chi connectivity index (χ2n) is 9.11. The second-order valence-corrected chi connectivity index (χ2v) is 9.11. The van der Waals surface area contributed by atoms with E-state index < -0.39 is 41.3 Å². The summed E-state index contributed by atoms with van der Waals surface area (Å²) in [6, 6.07) is 4.36. The average Bonchev–Trinajstić information content (AvgIpc) is 2.81. The number of carbonyl (C=O) groups is 2. The quantitative estimate of drug-likeness (QED) is 0.521. The molecule has 1 aliphatic heterocycles. The van der Waals surface area contributed by atoms with Gasteiger partial charge in [0.05, 0.1) is 23.1 Å². The van der Waals surface area contributed by atoms with E-state index in [1.165, 1.54) is 23.2 Å². The van der Waals surface area contributed by atoms with Gasteiger partial charge in [-0.25, -0.2) is 19.7 Å². The summed E-state index contributed by atoms with van der Waals surface area (Å²) < 4.78 is 43.8. The Labute approximate surface area is 205 Å². The van der Waals surface area contributed by atoms with Gasteiger partial charge in [0.25, 0.3) is 0 Å². The topological polar surface area (TPSA) is 145 Å². The summed E-state index contributed by atoms with van der Waals surface area (Å²) >= 11 is 0. The smallest absolute Gasteiger partial charge is 0.419 e. The first-order valence-corrected chi connectivity index (χ1v) is 10.9. The van der Waals surface area contributed by atoms with Crippen molar-refractivity contribution in [3.63, 3.8) is 0 Å². The molecule has 0 saturated carbocycles. The number of aromatic nitrogens is 3. The molecular formula is C22H25F3N8O3. The summed E-state index contributed by atoms with van der Waals surface area (Å²) in [4.78, 5) is 38.4. The van der Waals surface area contributed by atoms with Crippen LogP contribution in [-0.2, 0) is 15.7 Å². The van der Waals surface area contributed by atoms with Gasteiger partial charge in [0, 0.05) is 37.7 Å². The number of ether oxygens (including phenoxy) is 1. The average molecular weight is 506 g/mol. The van der Waals surface area contributed by atoms with Gasteiger partial charge in [-0.1, -0.05) is 0 Å². The number of hydrogen-bond acceptors (Lipinski definition) is 9. The van der Waals surface area contributed by atoms with Crippen LogP contribution < -0.4 is 16.2 Å². The number of hydrogen-bond donors (Lipinski definition) is 3. The fraction of sp³-hybridized carbons (Fsp3) is 0.455. The van der Waals surface area contributed by atoms with E-state index in [2.05, 4.69) is 31.1 Å². The number of rotatable bonds is 5. The van der Waals surface area contributed by atoms with Crippen LogP contribution in [-0.4, -0.2) is 56.6 Å². The fourth-order valence-electron chi connectivity index (χ4n) is 3.40. The lowest BCUT2D eigenvalue weighted by atomic mass is 9.94. The highest BCUT2D eigenvalue weighted by atomic mass is 19.4. The van der Waals surface area contributed by atoms with E-state index in [0.29, 0.717) is 18.0 Å². The summed E-state index contributed by atoms with van der Waals surface area (Å²) in [5.41, 5.74) is 3.72. The number of anilines is 2. The van der Waals surface area contributed by atoms with E-state index in [0.717, 1.165) is 0 Å². The first-order valence-electron chi connectivity index (χ1n) is 10.9.